The molecular weight excluding hydrogens is 276 g/mol. The first-order valence-electron chi connectivity index (χ1n) is 8.05. The van der Waals surface area contributed by atoms with Gasteiger partial charge in [0.15, 0.2) is 5.82 Å². The van der Waals surface area contributed by atoms with Crippen LogP contribution in [0.2, 0.25) is 0 Å². The van der Waals surface area contributed by atoms with E-state index >= 15 is 0 Å². The zero-order valence-electron chi connectivity index (χ0n) is 14.0. The van der Waals surface area contributed by atoms with Crippen molar-refractivity contribution >= 4 is 5.82 Å². The van der Waals surface area contributed by atoms with Crippen LogP contribution in [0.15, 0.2) is 6.07 Å². The Morgan fingerprint density at radius 2 is 2.00 bits per heavy atom. The van der Waals surface area contributed by atoms with Crippen LogP contribution in [0.3, 0.4) is 0 Å². The second-order valence-electron chi connectivity index (χ2n) is 6.21. The second kappa shape index (κ2) is 5.66. The van der Waals surface area contributed by atoms with E-state index in [1.54, 1.807) is 0 Å². The molecule has 0 N–H and O–H groups in total. The molecule has 118 valence electrons. The number of fused-ring (bicyclic) bond motifs is 1. The Bertz CT molecular complexity index is 675. The summed E-state index contributed by atoms with van der Waals surface area (Å²) in [6.07, 6.45) is 0.923. The average molecular weight is 300 g/mol. The molecule has 1 atom stereocenters. The molecule has 3 rings (SSSR count). The molecule has 0 amide bonds. The Morgan fingerprint density at radius 3 is 2.68 bits per heavy atom. The molecule has 6 nitrogen and oxygen atoms in total. The predicted molar refractivity (Wildman–Crippen MR) is 86.0 cm³/mol. The summed E-state index contributed by atoms with van der Waals surface area (Å²) in [7, 11) is 0. The van der Waals surface area contributed by atoms with Crippen molar-refractivity contribution in [3.05, 3.63) is 29.2 Å². The topological polar surface area (TPSA) is 59.7 Å². The summed E-state index contributed by atoms with van der Waals surface area (Å²) in [5.74, 6) is 4.33. The number of hydrogen-bond acceptors (Lipinski definition) is 5. The fourth-order valence-corrected chi connectivity index (χ4v) is 3.09. The lowest BCUT2D eigenvalue weighted by Crippen LogP contribution is -2.38. The molecule has 0 radical (unpaired) electrons. The van der Waals surface area contributed by atoms with Crippen LogP contribution in [0.4, 0.5) is 5.82 Å². The highest BCUT2D eigenvalue weighted by molar-refractivity contribution is 5.43. The normalized spacial score (nSPS) is 17.9. The molecule has 1 aliphatic rings. The van der Waals surface area contributed by atoms with E-state index in [-0.39, 0.29) is 6.04 Å². The molecule has 0 saturated heterocycles. The van der Waals surface area contributed by atoms with Gasteiger partial charge in [-0.15, -0.1) is 10.2 Å². The van der Waals surface area contributed by atoms with Crippen LogP contribution in [0.5, 0.6) is 0 Å². The van der Waals surface area contributed by atoms with Crippen molar-refractivity contribution < 1.29 is 0 Å². The van der Waals surface area contributed by atoms with Crippen LogP contribution in [-0.2, 0) is 13.0 Å². The fraction of sp³-hybridized carbons (Fsp3) is 0.625. The molecule has 0 saturated carbocycles. The molecule has 22 heavy (non-hydrogen) atoms. The number of aromatic nitrogens is 5. The largest absolute Gasteiger partial charge is 0.345 e. The molecule has 3 heterocycles. The van der Waals surface area contributed by atoms with Crippen LogP contribution >= 0.6 is 0 Å². The fourth-order valence-electron chi connectivity index (χ4n) is 3.09. The highest BCUT2D eigenvalue weighted by Crippen LogP contribution is 2.30. The molecule has 2 aromatic heterocycles. The van der Waals surface area contributed by atoms with E-state index in [0.717, 1.165) is 48.5 Å². The first-order chi connectivity index (χ1) is 10.5. The smallest absolute Gasteiger partial charge is 0.155 e. The van der Waals surface area contributed by atoms with Crippen molar-refractivity contribution in [3.63, 3.8) is 0 Å². The van der Waals surface area contributed by atoms with E-state index in [2.05, 4.69) is 63.4 Å². The third-order valence-electron chi connectivity index (χ3n) is 4.26. The summed E-state index contributed by atoms with van der Waals surface area (Å²) in [4.78, 5) is 11.4. The van der Waals surface area contributed by atoms with Crippen molar-refractivity contribution in [1.29, 1.82) is 0 Å². The van der Waals surface area contributed by atoms with E-state index in [0.29, 0.717) is 5.92 Å². The lowest BCUT2D eigenvalue weighted by atomic mass is 10.1. The van der Waals surface area contributed by atoms with E-state index in [9.17, 15) is 0 Å². The summed E-state index contributed by atoms with van der Waals surface area (Å²) >= 11 is 0. The summed E-state index contributed by atoms with van der Waals surface area (Å²) < 4.78 is 2.26. The summed E-state index contributed by atoms with van der Waals surface area (Å²) in [5.41, 5.74) is 1.09. The molecule has 1 aliphatic heterocycles. The van der Waals surface area contributed by atoms with Gasteiger partial charge in [0, 0.05) is 30.8 Å². The molecule has 6 heteroatoms. The van der Waals surface area contributed by atoms with E-state index < -0.39 is 0 Å². The van der Waals surface area contributed by atoms with Crippen LogP contribution in [0.1, 0.15) is 62.8 Å². The summed E-state index contributed by atoms with van der Waals surface area (Å²) in [5, 5.41) is 8.81. The number of aryl methyl sites for hydroxylation is 2. The van der Waals surface area contributed by atoms with Gasteiger partial charge in [-0.05, 0) is 20.3 Å². The zero-order valence-corrected chi connectivity index (χ0v) is 14.0. The van der Waals surface area contributed by atoms with Crippen LogP contribution in [0, 0.1) is 6.92 Å². The van der Waals surface area contributed by atoms with Crippen molar-refractivity contribution in [2.45, 2.75) is 59.5 Å². The summed E-state index contributed by atoms with van der Waals surface area (Å²) in [6, 6.07) is 2.27. The van der Waals surface area contributed by atoms with Gasteiger partial charge in [0.25, 0.3) is 0 Å². The van der Waals surface area contributed by atoms with Gasteiger partial charge in [-0.25, -0.2) is 9.97 Å². The first kappa shape index (κ1) is 14.9. The van der Waals surface area contributed by atoms with Crippen LogP contribution in [0.25, 0.3) is 0 Å². The number of hydrogen-bond donors (Lipinski definition) is 0. The van der Waals surface area contributed by atoms with Gasteiger partial charge in [0.2, 0.25) is 0 Å². The van der Waals surface area contributed by atoms with Gasteiger partial charge >= 0.3 is 0 Å². The maximum Gasteiger partial charge on any atom is 0.155 e. The lowest BCUT2D eigenvalue weighted by Gasteiger charge is -2.35. The Morgan fingerprint density at radius 1 is 1.23 bits per heavy atom. The molecule has 0 bridgehead atoms. The van der Waals surface area contributed by atoms with Crippen LogP contribution < -0.4 is 4.90 Å². The van der Waals surface area contributed by atoms with Gasteiger partial charge < -0.3 is 9.47 Å². The second-order valence-corrected chi connectivity index (χ2v) is 6.21. The highest BCUT2D eigenvalue weighted by atomic mass is 15.4. The monoisotopic (exact) mass is 300 g/mol. The molecule has 0 aliphatic carbocycles. The number of nitrogens with zero attached hydrogens (tertiary/aromatic N) is 6. The van der Waals surface area contributed by atoms with E-state index in [4.69, 9.17) is 0 Å². The van der Waals surface area contributed by atoms with Crippen molar-refractivity contribution in [1.82, 2.24) is 24.7 Å². The average Bonchev–Trinajstić information content (AvgIpc) is 2.92. The molecule has 0 aromatic carbocycles. The molecule has 0 fully saturated rings. The maximum atomic E-state index is 4.63. The SMILES string of the molecule is CCc1cc(N2CCn3c(C(C)C)nnc3C2C)nc(C)n1. The number of anilines is 1. The number of rotatable bonds is 3. The Hall–Kier alpha value is -1.98. The minimum atomic E-state index is 0.174. The van der Waals surface area contributed by atoms with Crippen LogP contribution in [-0.4, -0.2) is 31.3 Å². The van der Waals surface area contributed by atoms with Gasteiger partial charge in [-0.3, -0.25) is 0 Å². The van der Waals surface area contributed by atoms with Gasteiger partial charge in [0.1, 0.15) is 17.5 Å². The minimum absolute atomic E-state index is 0.174. The molecule has 2 aromatic rings. The van der Waals surface area contributed by atoms with Gasteiger partial charge in [-0.1, -0.05) is 20.8 Å². The summed E-state index contributed by atoms with van der Waals surface area (Å²) in [6.45, 7) is 12.4. The standard InChI is InChI=1S/C16H24N6/c1-6-13-9-14(18-12(5)17-13)21-7-8-22-15(10(2)3)19-20-16(22)11(21)4/h9-11H,6-8H2,1-5H3. The molecule has 1 unspecified atom stereocenters. The lowest BCUT2D eigenvalue weighted by molar-refractivity contribution is 0.476. The molecular formula is C16H24N6. The Labute approximate surface area is 131 Å². The van der Waals surface area contributed by atoms with Crippen molar-refractivity contribution in [3.8, 4) is 0 Å². The first-order valence-corrected chi connectivity index (χ1v) is 8.05. The van der Waals surface area contributed by atoms with Crippen molar-refractivity contribution in [2.24, 2.45) is 0 Å². The van der Waals surface area contributed by atoms with Crippen molar-refractivity contribution in [2.75, 3.05) is 11.4 Å². The quantitative estimate of drug-likeness (QED) is 0.872. The maximum absolute atomic E-state index is 4.63. The molecule has 0 spiro atoms. The highest BCUT2D eigenvalue weighted by Gasteiger charge is 2.29. The van der Waals surface area contributed by atoms with Gasteiger partial charge in [-0.2, -0.15) is 0 Å². The third-order valence-corrected chi connectivity index (χ3v) is 4.26. The Kier molecular flexibility index (Phi) is 3.85. The van der Waals surface area contributed by atoms with E-state index in [1.165, 1.54) is 0 Å². The predicted octanol–water partition coefficient (Wildman–Crippen LogP) is 2.64. The zero-order chi connectivity index (χ0) is 15.9. The third kappa shape index (κ3) is 2.46. The van der Waals surface area contributed by atoms with E-state index in [1.807, 2.05) is 6.92 Å². The minimum Gasteiger partial charge on any atom is -0.345 e. The van der Waals surface area contributed by atoms with Gasteiger partial charge in [0.05, 0.1) is 6.04 Å². The Balaban J connectivity index is 1.96.